The molecule has 0 radical (unpaired) electrons. The smallest absolute Gasteiger partial charge is 0.232 e. The molecule has 0 unspecified atom stereocenters. The molecule has 0 aliphatic rings. The highest BCUT2D eigenvalue weighted by atomic mass is 35.5. The molecule has 0 atom stereocenters. The van der Waals surface area contributed by atoms with E-state index < -0.39 is 17.2 Å². The third-order valence-electron chi connectivity index (χ3n) is 2.87. The molecule has 2 nitrogen and oxygen atoms in total. The summed E-state index contributed by atoms with van der Waals surface area (Å²) in [6.07, 6.45) is -4.45. The number of rotatable bonds is 1. The summed E-state index contributed by atoms with van der Waals surface area (Å²) in [5.74, 6) is 0.405. The second-order valence-corrected chi connectivity index (χ2v) is 6.08. The molecule has 0 saturated heterocycles. The Balaban J connectivity index is 2.66. The highest BCUT2D eigenvalue weighted by molar-refractivity contribution is 6.29. The Labute approximate surface area is 126 Å². The van der Waals surface area contributed by atoms with Crippen molar-refractivity contribution in [3.05, 3.63) is 46.9 Å². The van der Waals surface area contributed by atoms with Crippen LogP contribution in [0.1, 0.15) is 32.2 Å². The standard InChI is InChI=1S/C15H14ClF3N2/c1-14(2,3)13-20-11(8-12(16)21-13)9-6-4-5-7-10(9)15(17,18)19/h4-8H,1-3H3. The summed E-state index contributed by atoms with van der Waals surface area (Å²) in [5, 5.41) is 0.127. The van der Waals surface area contributed by atoms with Crippen molar-refractivity contribution >= 4 is 11.6 Å². The average Bonchev–Trinajstić information content (AvgIpc) is 2.36. The van der Waals surface area contributed by atoms with Crippen LogP contribution in [0.5, 0.6) is 0 Å². The molecule has 0 fully saturated rings. The third-order valence-corrected chi connectivity index (χ3v) is 3.07. The molecule has 0 spiro atoms. The number of hydrogen-bond acceptors (Lipinski definition) is 2. The van der Waals surface area contributed by atoms with Gasteiger partial charge < -0.3 is 0 Å². The highest BCUT2D eigenvalue weighted by Crippen LogP contribution is 2.37. The summed E-state index contributed by atoms with van der Waals surface area (Å²) >= 11 is 5.94. The highest BCUT2D eigenvalue weighted by Gasteiger charge is 2.34. The van der Waals surface area contributed by atoms with Crippen LogP contribution in [0.2, 0.25) is 5.15 Å². The average molecular weight is 315 g/mol. The van der Waals surface area contributed by atoms with Gasteiger partial charge in [0.05, 0.1) is 11.3 Å². The summed E-state index contributed by atoms with van der Waals surface area (Å²) in [7, 11) is 0. The number of alkyl halides is 3. The van der Waals surface area contributed by atoms with Gasteiger partial charge in [0.2, 0.25) is 0 Å². The van der Waals surface area contributed by atoms with Gasteiger partial charge in [-0.2, -0.15) is 13.2 Å². The summed E-state index contributed by atoms with van der Waals surface area (Å²) in [4.78, 5) is 8.35. The minimum atomic E-state index is -4.45. The molecule has 0 saturated carbocycles. The van der Waals surface area contributed by atoms with Gasteiger partial charge in [0.1, 0.15) is 11.0 Å². The van der Waals surface area contributed by atoms with Crippen molar-refractivity contribution in [3.63, 3.8) is 0 Å². The fourth-order valence-electron chi connectivity index (χ4n) is 1.84. The van der Waals surface area contributed by atoms with Gasteiger partial charge in [-0.25, -0.2) is 9.97 Å². The molecule has 0 amide bonds. The van der Waals surface area contributed by atoms with Gasteiger partial charge in [-0.05, 0) is 6.07 Å². The van der Waals surface area contributed by atoms with Crippen LogP contribution < -0.4 is 0 Å². The van der Waals surface area contributed by atoms with Crippen molar-refractivity contribution in [1.29, 1.82) is 0 Å². The van der Waals surface area contributed by atoms with Gasteiger partial charge in [0.25, 0.3) is 0 Å². The summed E-state index contributed by atoms with van der Waals surface area (Å²) in [6.45, 7) is 5.62. The maximum atomic E-state index is 13.1. The van der Waals surface area contributed by atoms with Crippen molar-refractivity contribution in [3.8, 4) is 11.3 Å². The lowest BCUT2D eigenvalue weighted by Crippen LogP contribution is -2.17. The van der Waals surface area contributed by atoms with Crippen molar-refractivity contribution in [1.82, 2.24) is 9.97 Å². The molecular weight excluding hydrogens is 301 g/mol. The van der Waals surface area contributed by atoms with Gasteiger partial charge in [0.15, 0.2) is 0 Å². The Kier molecular flexibility index (Phi) is 3.97. The lowest BCUT2D eigenvalue weighted by molar-refractivity contribution is -0.137. The Morgan fingerprint density at radius 2 is 1.62 bits per heavy atom. The quantitative estimate of drug-likeness (QED) is 0.683. The minimum absolute atomic E-state index is 0.000185. The van der Waals surface area contributed by atoms with Crippen molar-refractivity contribution < 1.29 is 13.2 Å². The van der Waals surface area contributed by atoms with Crippen LogP contribution in [0.25, 0.3) is 11.3 Å². The Morgan fingerprint density at radius 1 is 1.00 bits per heavy atom. The van der Waals surface area contributed by atoms with Crippen LogP contribution in [0.3, 0.4) is 0 Å². The van der Waals surface area contributed by atoms with E-state index in [9.17, 15) is 13.2 Å². The van der Waals surface area contributed by atoms with Crippen molar-refractivity contribution in [2.75, 3.05) is 0 Å². The van der Waals surface area contributed by atoms with Gasteiger partial charge >= 0.3 is 6.18 Å². The maximum absolute atomic E-state index is 13.1. The van der Waals surface area contributed by atoms with Crippen LogP contribution in [0.4, 0.5) is 13.2 Å². The number of halogens is 4. The Bertz CT molecular complexity index is 661. The largest absolute Gasteiger partial charge is 0.417 e. The van der Waals surface area contributed by atoms with Gasteiger partial charge in [-0.15, -0.1) is 0 Å². The van der Waals surface area contributed by atoms with Crippen LogP contribution in [-0.2, 0) is 11.6 Å². The van der Waals surface area contributed by atoms with E-state index in [0.717, 1.165) is 6.07 Å². The molecule has 112 valence electrons. The van der Waals surface area contributed by atoms with E-state index in [1.165, 1.54) is 24.3 Å². The zero-order valence-corrected chi connectivity index (χ0v) is 12.5. The van der Waals surface area contributed by atoms with E-state index >= 15 is 0 Å². The van der Waals surface area contributed by atoms with Crippen LogP contribution in [0, 0.1) is 0 Å². The zero-order valence-electron chi connectivity index (χ0n) is 11.8. The fourth-order valence-corrected chi connectivity index (χ4v) is 2.03. The number of nitrogens with zero attached hydrogens (tertiary/aromatic N) is 2. The first kappa shape index (κ1) is 15.8. The number of aromatic nitrogens is 2. The minimum Gasteiger partial charge on any atom is -0.232 e. The number of hydrogen-bond donors (Lipinski definition) is 0. The van der Waals surface area contributed by atoms with Gasteiger partial charge in [-0.1, -0.05) is 50.6 Å². The molecule has 0 aliphatic carbocycles. The topological polar surface area (TPSA) is 25.8 Å². The Morgan fingerprint density at radius 3 is 2.19 bits per heavy atom. The first-order valence-electron chi connectivity index (χ1n) is 6.31. The molecule has 0 bridgehead atoms. The predicted molar refractivity (Wildman–Crippen MR) is 76.2 cm³/mol. The summed E-state index contributed by atoms with van der Waals surface area (Å²) < 4.78 is 39.3. The molecule has 21 heavy (non-hydrogen) atoms. The fraction of sp³-hybridized carbons (Fsp3) is 0.333. The SMILES string of the molecule is CC(C)(C)c1nc(Cl)cc(-c2ccccc2C(F)(F)F)n1. The van der Waals surface area contributed by atoms with E-state index in [1.807, 2.05) is 20.8 Å². The third kappa shape index (κ3) is 3.53. The molecule has 0 N–H and O–H groups in total. The van der Waals surface area contributed by atoms with E-state index in [4.69, 9.17) is 11.6 Å². The number of benzene rings is 1. The van der Waals surface area contributed by atoms with Crippen molar-refractivity contribution in [2.24, 2.45) is 0 Å². The van der Waals surface area contributed by atoms with Crippen molar-refractivity contribution in [2.45, 2.75) is 32.4 Å². The first-order valence-corrected chi connectivity index (χ1v) is 6.68. The monoisotopic (exact) mass is 314 g/mol. The molecule has 1 heterocycles. The molecule has 6 heteroatoms. The van der Waals surface area contributed by atoms with Crippen LogP contribution >= 0.6 is 11.6 Å². The lowest BCUT2D eigenvalue weighted by atomic mass is 9.95. The van der Waals surface area contributed by atoms with E-state index in [0.29, 0.717) is 5.82 Å². The second kappa shape index (κ2) is 5.30. The zero-order chi connectivity index (χ0) is 15.8. The van der Waals surface area contributed by atoms with Gasteiger partial charge in [0, 0.05) is 17.0 Å². The lowest BCUT2D eigenvalue weighted by Gasteiger charge is -2.18. The summed E-state index contributed by atoms with van der Waals surface area (Å²) in [5.41, 5.74) is -0.973. The van der Waals surface area contributed by atoms with Crippen LogP contribution in [0.15, 0.2) is 30.3 Å². The Hall–Kier alpha value is -1.62. The maximum Gasteiger partial charge on any atom is 0.417 e. The molecule has 1 aromatic carbocycles. The predicted octanol–water partition coefficient (Wildman–Crippen LogP) is 5.11. The normalized spacial score (nSPS) is 12.5. The second-order valence-electron chi connectivity index (χ2n) is 5.69. The van der Waals surface area contributed by atoms with E-state index in [-0.39, 0.29) is 16.4 Å². The molecule has 0 aliphatic heterocycles. The first-order chi connectivity index (χ1) is 9.59. The molecular formula is C15H14ClF3N2. The molecule has 1 aromatic heterocycles. The summed E-state index contributed by atoms with van der Waals surface area (Å²) in [6, 6.07) is 6.65. The van der Waals surface area contributed by atoms with Gasteiger partial charge in [-0.3, -0.25) is 0 Å². The van der Waals surface area contributed by atoms with E-state index in [2.05, 4.69) is 9.97 Å². The van der Waals surface area contributed by atoms with Crippen LogP contribution in [-0.4, -0.2) is 9.97 Å². The molecule has 2 aromatic rings. The molecule has 2 rings (SSSR count). The van der Waals surface area contributed by atoms with E-state index in [1.54, 1.807) is 0 Å².